The van der Waals surface area contributed by atoms with Crippen molar-refractivity contribution in [1.29, 1.82) is 0 Å². The normalized spacial score (nSPS) is 14.0. The van der Waals surface area contributed by atoms with E-state index in [1.807, 2.05) is 0 Å². The van der Waals surface area contributed by atoms with Gasteiger partial charge in [0.2, 0.25) is 0 Å². The Morgan fingerprint density at radius 1 is 1.03 bits per heavy atom. The third-order valence-corrected chi connectivity index (χ3v) is 5.55. The van der Waals surface area contributed by atoms with Gasteiger partial charge in [0.25, 0.3) is 5.91 Å². The molecule has 0 aromatic heterocycles. The van der Waals surface area contributed by atoms with Crippen LogP contribution in [-0.4, -0.2) is 61.6 Å². The maximum absolute atomic E-state index is 13.1. The third-order valence-electron chi connectivity index (χ3n) is 5.31. The first kappa shape index (κ1) is 23.7. The number of hydrogen-bond donors (Lipinski definition) is 1. The summed E-state index contributed by atoms with van der Waals surface area (Å²) in [6, 6.07) is 12.1. The van der Waals surface area contributed by atoms with E-state index >= 15 is 0 Å². The lowest BCUT2D eigenvalue weighted by atomic mass is 10.1. The van der Waals surface area contributed by atoms with Crippen LogP contribution in [0.15, 0.2) is 42.5 Å². The molecule has 1 aliphatic rings. The number of amides is 3. The highest BCUT2D eigenvalue weighted by molar-refractivity contribution is 6.30. The standard InChI is InChI=1S/C24H30ClN3O4/c1-3-4-15-32-21-10-9-18(16-22(21)31-2)23(29)27-11-6-12-28(14-13-27)24(30)26-20-8-5-7-19(25)17-20/h5,7-10,16-17H,3-4,6,11-15H2,1-2H3,(H,26,30). The van der Waals surface area contributed by atoms with Gasteiger partial charge in [0, 0.05) is 42.5 Å². The molecule has 1 saturated heterocycles. The SMILES string of the molecule is CCCCOc1ccc(C(=O)N2CCCN(C(=O)Nc3cccc(Cl)c3)CC2)cc1OC. The maximum atomic E-state index is 13.1. The van der Waals surface area contributed by atoms with Crippen LogP contribution < -0.4 is 14.8 Å². The molecule has 0 spiro atoms. The van der Waals surface area contributed by atoms with Gasteiger partial charge in [0.15, 0.2) is 11.5 Å². The van der Waals surface area contributed by atoms with Crippen molar-refractivity contribution in [1.82, 2.24) is 9.80 Å². The number of unbranched alkanes of at least 4 members (excludes halogenated alkanes) is 1. The number of ether oxygens (including phenoxy) is 2. The van der Waals surface area contributed by atoms with Crippen molar-refractivity contribution in [2.45, 2.75) is 26.2 Å². The zero-order valence-electron chi connectivity index (χ0n) is 18.6. The zero-order valence-corrected chi connectivity index (χ0v) is 19.4. The van der Waals surface area contributed by atoms with Crippen LogP contribution in [0.3, 0.4) is 0 Å². The Labute approximate surface area is 194 Å². The molecule has 0 unspecified atom stereocenters. The van der Waals surface area contributed by atoms with E-state index < -0.39 is 0 Å². The van der Waals surface area contributed by atoms with E-state index in [0.29, 0.717) is 67.0 Å². The molecule has 2 aromatic rings. The summed E-state index contributed by atoms with van der Waals surface area (Å²) in [5.41, 5.74) is 1.19. The van der Waals surface area contributed by atoms with Crippen LogP contribution in [0.5, 0.6) is 11.5 Å². The second-order valence-electron chi connectivity index (χ2n) is 7.64. The minimum absolute atomic E-state index is 0.0829. The van der Waals surface area contributed by atoms with Crippen molar-refractivity contribution in [3.63, 3.8) is 0 Å². The molecule has 1 fully saturated rings. The number of methoxy groups -OCH3 is 1. The molecule has 8 heteroatoms. The molecular weight excluding hydrogens is 430 g/mol. The van der Waals surface area contributed by atoms with Crippen molar-refractivity contribution < 1.29 is 19.1 Å². The highest BCUT2D eigenvalue weighted by Gasteiger charge is 2.24. The number of benzene rings is 2. The predicted molar refractivity (Wildman–Crippen MR) is 126 cm³/mol. The summed E-state index contributed by atoms with van der Waals surface area (Å²) >= 11 is 5.99. The zero-order chi connectivity index (χ0) is 22.9. The summed E-state index contributed by atoms with van der Waals surface area (Å²) in [5.74, 6) is 1.10. The summed E-state index contributed by atoms with van der Waals surface area (Å²) in [6.45, 7) is 4.78. The molecule has 3 rings (SSSR count). The largest absolute Gasteiger partial charge is 0.493 e. The van der Waals surface area contributed by atoms with Gasteiger partial charge in [-0.2, -0.15) is 0 Å². The minimum Gasteiger partial charge on any atom is -0.493 e. The fourth-order valence-electron chi connectivity index (χ4n) is 3.52. The smallest absolute Gasteiger partial charge is 0.321 e. The van der Waals surface area contributed by atoms with Crippen molar-refractivity contribution in [3.05, 3.63) is 53.1 Å². The molecule has 32 heavy (non-hydrogen) atoms. The van der Waals surface area contributed by atoms with Crippen molar-refractivity contribution in [2.24, 2.45) is 0 Å². The van der Waals surface area contributed by atoms with Crippen LogP contribution in [0.25, 0.3) is 0 Å². The van der Waals surface area contributed by atoms with E-state index in [1.165, 1.54) is 0 Å². The van der Waals surface area contributed by atoms with Gasteiger partial charge in [-0.1, -0.05) is 31.0 Å². The number of anilines is 1. The Kier molecular flexibility index (Phi) is 8.62. The summed E-state index contributed by atoms with van der Waals surface area (Å²) in [5, 5.41) is 3.43. The molecule has 2 aromatic carbocycles. The number of halogens is 1. The second-order valence-corrected chi connectivity index (χ2v) is 8.08. The highest BCUT2D eigenvalue weighted by Crippen LogP contribution is 2.29. The Hall–Kier alpha value is -2.93. The van der Waals surface area contributed by atoms with Crippen LogP contribution >= 0.6 is 11.6 Å². The lowest BCUT2D eigenvalue weighted by Crippen LogP contribution is -2.39. The van der Waals surface area contributed by atoms with Gasteiger partial charge >= 0.3 is 6.03 Å². The Morgan fingerprint density at radius 2 is 1.81 bits per heavy atom. The first-order valence-corrected chi connectivity index (χ1v) is 11.3. The number of nitrogens with one attached hydrogen (secondary N) is 1. The van der Waals surface area contributed by atoms with Gasteiger partial charge in [-0.25, -0.2) is 4.79 Å². The number of hydrogen-bond acceptors (Lipinski definition) is 4. The molecular formula is C24H30ClN3O4. The molecule has 0 bridgehead atoms. The predicted octanol–water partition coefficient (Wildman–Crippen LogP) is 4.91. The van der Waals surface area contributed by atoms with Gasteiger partial charge in [-0.05, 0) is 49.2 Å². The van der Waals surface area contributed by atoms with Gasteiger partial charge < -0.3 is 24.6 Å². The van der Waals surface area contributed by atoms with Crippen LogP contribution in [-0.2, 0) is 0 Å². The number of carbonyl (C=O) groups is 2. The molecule has 1 N–H and O–H groups in total. The highest BCUT2D eigenvalue weighted by atomic mass is 35.5. The maximum Gasteiger partial charge on any atom is 0.321 e. The fraction of sp³-hybridized carbons (Fsp3) is 0.417. The summed E-state index contributed by atoms with van der Waals surface area (Å²) < 4.78 is 11.2. The summed E-state index contributed by atoms with van der Waals surface area (Å²) in [4.78, 5) is 29.2. The number of nitrogens with zero attached hydrogens (tertiary/aromatic N) is 2. The summed E-state index contributed by atoms with van der Waals surface area (Å²) in [6.07, 6.45) is 2.70. The molecule has 1 aliphatic heterocycles. The first-order chi connectivity index (χ1) is 15.5. The van der Waals surface area contributed by atoms with Crippen LogP contribution in [0, 0.1) is 0 Å². The number of carbonyl (C=O) groups excluding carboxylic acids is 2. The molecule has 172 valence electrons. The van der Waals surface area contributed by atoms with Crippen LogP contribution in [0.2, 0.25) is 5.02 Å². The fourth-order valence-corrected chi connectivity index (χ4v) is 3.71. The van der Waals surface area contributed by atoms with Crippen molar-refractivity contribution >= 4 is 29.2 Å². The molecule has 7 nitrogen and oxygen atoms in total. The average Bonchev–Trinajstić information content (AvgIpc) is 3.05. The van der Waals surface area contributed by atoms with E-state index in [9.17, 15) is 9.59 Å². The van der Waals surface area contributed by atoms with Gasteiger partial charge in [-0.3, -0.25) is 4.79 Å². The Balaban J connectivity index is 1.60. The summed E-state index contributed by atoms with van der Waals surface area (Å²) in [7, 11) is 1.57. The number of rotatable bonds is 7. The first-order valence-electron chi connectivity index (χ1n) is 10.9. The van der Waals surface area contributed by atoms with Gasteiger partial charge in [0.1, 0.15) is 0 Å². The molecule has 0 saturated carbocycles. The Bertz CT molecular complexity index is 937. The van der Waals surface area contributed by atoms with Crippen molar-refractivity contribution in [3.8, 4) is 11.5 Å². The lowest BCUT2D eigenvalue weighted by molar-refractivity contribution is 0.0762. The van der Waals surface area contributed by atoms with E-state index in [1.54, 1.807) is 59.4 Å². The van der Waals surface area contributed by atoms with E-state index in [-0.39, 0.29) is 11.9 Å². The van der Waals surface area contributed by atoms with Gasteiger partial charge in [0.05, 0.1) is 13.7 Å². The van der Waals surface area contributed by atoms with E-state index in [0.717, 1.165) is 12.8 Å². The lowest BCUT2D eigenvalue weighted by Gasteiger charge is -2.23. The molecule has 0 atom stereocenters. The minimum atomic E-state index is -0.197. The van der Waals surface area contributed by atoms with Gasteiger partial charge in [-0.15, -0.1) is 0 Å². The quantitative estimate of drug-likeness (QED) is 0.597. The van der Waals surface area contributed by atoms with Crippen LogP contribution in [0.1, 0.15) is 36.5 Å². The number of urea groups is 1. The molecule has 0 radical (unpaired) electrons. The topological polar surface area (TPSA) is 71.1 Å². The molecule has 1 heterocycles. The monoisotopic (exact) mass is 459 g/mol. The Morgan fingerprint density at radius 3 is 2.56 bits per heavy atom. The van der Waals surface area contributed by atoms with Crippen LogP contribution in [0.4, 0.5) is 10.5 Å². The molecule has 3 amide bonds. The van der Waals surface area contributed by atoms with Crippen molar-refractivity contribution in [2.75, 3.05) is 45.2 Å². The second kappa shape index (κ2) is 11.6. The average molecular weight is 460 g/mol. The molecule has 0 aliphatic carbocycles. The van der Waals surface area contributed by atoms with E-state index in [4.69, 9.17) is 21.1 Å². The third kappa shape index (κ3) is 6.29. The van der Waals surface area contributed by atoms with E-state index in [2.05, 4.69) is 12.2 Å².